The largest absolute Gasteiger partial charge is 0.464 e. The van der Waals surface area contributed by atoms with Gasteiger partial charge in [0.15, 0.2) is 6.04 Å². The Morgan fingerprint density at radius 1 is 1.17 bits per heavy atom. The van der Waals surface area contributed by atoms with Crippen molar-refractivity contribution in [2.45, 2.75) is 32.1 Å². The molecule has 2 aromatic carbocycles. The van der Waals surface area contributed by atoms with Gasteiger partial charge < -0.3 is 18.9 Å². The number of rotatable bonds is 6. The number of benzene rings is 2. The first-order valence-corrected chi connectivity index (χ1v) is 12.4. The van der Waals surface area contributed by atoms with Crippen LogP contribution in [0.5, 0.6) is 0 Å². The number of carbonyl (C=O) groups excluding carboxylic acids is 1. The maximum absolute atomic E-state index is 14.1. The first-order valence-electron chi connectivity index (χ1n) is 12.4. The molecule has 0 spiro atoms. The number of aromatic nitrogens is 4. The van der Waals surface area contributed by atoms with Gasteiger partial charge in [-0.1, -0.05) is 24.3 Å². The number of halogens is 1. The van der Waals surface area contributed by atoms with Gasteiger partial charge in [0.1, 0.15) is 6.17 Å². The van der Waals surface area contributed by atoms with Crippen LogP contribution in [0.2, 0.25) is 0 Å². The minimum Gasteiger partial charge on any atom is -0.464 e. The van der Waals surface area contributed by atoms with Gasteiger partial charge in [-0.25, -0.2) is 14.2 Å². The van der Waals surface area contributed by atoms with Crippen molar-refractivity contribution in [3.8, 4) is 11.1 Å². The molecular formula is C27H28FN5O3. The SMILES string of the molecule is CCOC(=O)C(c1ncn2c1C[C@@H](F)C2)n1cc2ccc(-c3ccc(N4CCOCC4)cc3)cc2n1. The van der Waals surface area contributed by atoms with Crippen LogP contribution in [0, 0.1) is 0 Å². The first kappa shape index (κ1) is 22.7. The van der Waals surface area contributed by atoms with Crippen molar-refractivity contribution in [2.75, 3.05) is 37.8 Å². The van der Waals surface area contributed by atoms with Crippen molar-refractivity contribution < 1.29 is 18.7 Å². The van der Waals surface area contributed by atoms with Crippen molar-refractivity contribution in [1.82, 2.24) is 19.3 Å². The fourth-order valence-corrected chi connectivity index (χ4v) is 5.12. The lowest BCUT2D eigenvalue weighted by atomic mass is 10.0. The zero-order chi connectivity index (χ0) is 24.6. The molecule has 1 unspecified atom stereocenters. The minimum atomic E-state index is -0.974. The van der Waals surface area contributed by atoms with E-state index in [1.807, 2.05) is 18.3 Å². The second-order valence-electron chi connectivity index (χ2n) is 9.21. The second kappa shape index (κ2) is 9.39. The average Bonchev–Trinajstić information content (AvgIpc) is 3.59. The van der Waals surface area contributed by atoms with Crippen molar-refractivity contribution >= 4 is 22.6 Å². The standard InChI is InChI=1S/C27H28FN5O3/c1-2-36-27(34)26(25-24-14-21(28)16-32(24)17-29-25)33-15-20-4-3-19(13-23(20)30-33)18-5-7-22(8-6-18)31-9-11-35-12-10-31/h3-8,13,15,17,21,26H,2,9-12,14,16H2,1H3/t21-,26?/m1/s1. The fourth-order valence-electron chi connectivity index (χ4n) is 5.12. The molecule has 4 aromatic rings. The Morgan fingerprint density at radius 2 is 1.94 bits per heavy atom. The van der Waals surface area contributed by atoms with E-state index in [1.165, 1.54) is 5.69 Å². The van der Waals surface area contributed by atoms with E-state index in [-0.39, 0.29) is 19.6 Å². The summed E-state index contributed by atoms with van der Waals surface area (Å²) in [6.45, 7) is 5.57. The summed E-state index contributed by atoms with van der Waals surface area (Å²) in [6, 6.07) is 13.7. The fraction of sp³-hybridized carbons (Fsp3) is 0.370. The van der Waals surface area contributed by atoms with Crippen molar-refractivity contribution in [1.29, 1.82) is 0 Å². The molecule has 0 N–H and O–H groups in total. The lowest BCUT2D eigenvalue weighted by molar-refractivity contribution is -0.146. The second-order valence-corrected chi connectivity index (χ2v) is 9.21. The molecule has 36 heavy (non-hydrogen) atoms. The van der Waals surface area contributed by atoms with Crippen molar-refractivity contribution in [3.05, 3.63) is 66.4 Å². The number of alkyl halides is 1. The predicted octanol–water partition coefficient (Wildman–Crippen LogP) is 3.78. The molecule has 2 aromatic heterocycles. The maximum atomic E-state index is 14.1. The van der Waals surface area contributed by atoms with E-state index >= 15 is 0 Å². The van der Waals surface area contributed by atoms with Crippen molar-refractivity contribution in [3.63, 3.8) is 0 Å². The third kappa shape index (κ3) is 4.13. The number of hydrogen-bond acceptors (Lipinski definition) is 6. The monoisotopic (exact) mass is 489 g/mol. The Bertz CT molecular complexity index is 1390. The molecule has 0 bridgehead atoms. The molecule has 4 heterocycles. The Morgan fingerprint density at radius 3 is 2.72 bits per heavy atom. The van der Waals surface area contributed by atoms with E-state index in [0.717, 1.165) is 54.0 Å². The van der Waals surface area contributed by atoms with E-state index in [9.17, 15) is 9.18 Å². The number of imidazole rings is 1. The van der Waals surface area contributed by atoms with E-state index in [2.05, 4.69) is 40.2 Å². The maximum Gasteiger partial charge on any atom is 0.337 e. The van der Waals surface area contributed by atoms with Gasteiger partial charge in [0.25, 0.3) is 0 Å². The number of fused-ring (bicyclic) bond motifs is 2. The van der Waals surface area contributed by atoms with Gasteiger partial charge >= 0.3 is 5.97 Å². The molecule has 0 saturated carbocycles. The van der Waals surface area contributed by atoms with Crippen LogP contribution in [0.4, 0.5) is 10.1 Å². The highest BCUT2D eigenvalue weighted by Crippen LogP contribution is 2.31. The Labute approximate surface area is 208 Å². The van der Waals surface area contributed by atoms with E-state index in [4.69, 9.17) is 14.6 Å². The summed E-state index contributed by atoms with van der Waals surface area (Å²) in [7, 11) is 0. The molecule has 2 aliphatic rings. The summed E-state index contributed by atoms with van der Waals surface area (Å²) in [5, 5.41) is 5.64. The van der Waals surface area contributed by atoms with Crippen LogP contribution < -0.4 is 4.90 Å². The molecule has 6 rings (SSSR count). The highest BCUT2D eigenvalue weighted by atomic mass is 19.1. The molecule has 8 nitrogen and oxygen atoms in total. The smallest absolute Gasteiger partial charge is 0.337 e. The van der Waals surface area contributed by atoms with E-state index < -0.39 is 18.2 Å². The Hall–Kier alpha value is -3.72. The number of hydrogen-bond donors (Lipinski definition) is 0. The van der Waals surface area contributed by atoms with Crippen LogP contribution >= 0.6 is 0 Å². The highest BCUT2D eigenvalue weighted by molar-refractivity contribution is 5.85. The lowest BCUT2D eigenvalue weighted by Crippen LogP contribution is -2.36. The summed E-state index contributed by atoms with van der Waals surface area (Å²) < 4.78 is 28.2. The van der Waals surface area contributed by atoms with E-state index in [1.54, 1.807) is 22.5 Å². The number of morpholine rings is 1. The zero-order valence-electron chi connectivity index (χ0n) is 20.1. The third-order valence-corrected chi connectivity index (χ3v) is 6.92. The molecule has 0 amide bonds. The summed E-state index contributed by atoms with van der Waals surface area (Å²) >= 11 is 0. The van der Waals surface area contributed by atoms with Gasteiger partial charge in [0, 0.05) is 42.5 Å². The van der Waals surface area contributed by atoms with Gasteiger partial charge in [0.2, 0.25) is 0 Å². The first-order chi connectivity index (χ1) is 17.6. The molecule has 1 fully saturated rings. The lowest BCUT2D eigenvalue weighted by Gasteiger charge is -2.28. The van der Waals surface area contributed by atoms with Crippen LogP contribution in [-0.2, 0) is 27.2 Å². The van der Waals surface area contributed by atoms with E-state index in [0.29, 0.717) is 5.69 Å². The van der Waals surface area contributed by atoms with Crippen LogP contribution in [0.1, 0.15) is 24.4 Å². The summed E-state index contributed by atoms with van der Waals surface area (Å²) in [6.07, 6.45) is 2.68. The minimum absolute atomic E-state index is 0.233. The van der Waals surface area contributed by atoms with Gasteiger partial charge in [-0.05, 0) is 36.2 Å². The topological polar surface area (TPSA) is 74.4 Å². The summed E-state index contributed by atoms with van der Waals surface area (Å²) in [5.74, 6) is -0.451. The van der Waals surface area contributed by atoms with Gasteiger partial charge in [0.05, 0.1) is 43.9 Å². The number of anilines is 1. The molecule has 186 valence electrons. The molecule has 2 atom stereocenters. The quantitative estimate of drug-likeness (QED) is 0.384. The zero-order valence-corrected chi connectivity index (χ0v) is 20.1. The summed E-state index contributed by atoms with van der Waals surface area (Å²) in [4.78, 5) is 19.8. The molecule has 1 saturated heterocycles. The number of esters is 1. The molecule has 0 aliphatic carbocycles. The summed E-state index contributed by atoms with van der Waals surface area (Å²) in [5.41, 5.74) is 5.30. The third-order valence-electron chi connectivity index (χ3n) is 6.92. The normalized spacial score (nSPS) is 18.4. The predicted molar refractivity (Wildman–Crippen MR) is 134 cm³/mol. The number of carbonyl (C=O) groups is 1. The number of ether oxygens (including phenoxy) is 2. The Kier molecular flexibility index (Phi) is 5.92. The van der Waals surface area contributed by atoms with Crippen molar-refractivity contribution in [2.24, 2.45) is 0 Å². The van der Waals surface area contributed by atoms with Gasteiger partial charge in [-0.15, -0.1) is 0 Å². The Balaban J connectivity index is 1.32. The van der Waals surface area contributed by atoms with Gasteiger partial charge in [-0.3, -0.25) is 4.68 Å². The molecule has 9 heteroatoms. The van der Waals surface area contributed by atoms with Crippen LogP contribution in [0.15, 0.2) is 55.0 Å². The van der Waals surface area contributed by atoms with Gasteiger partial charge in [-0.2, -0.15) is 5.10 Å². The molecule has 0 radical (unpaired) electrons. The highest BCUT2D eigenvalue weighted by Gasteiger charge is 2.34. The van der Waals surface area contributed by atoms with Crippen LogP contribution in [-0.4, -0.2) is 64.4 Å². The van der Waals surface area contributed by atoms with Crippen LogP contribution in [0.25, 0.3) is 22.0 Å². The molecular weight excluding hydrogens is 461 g/mol. The number of nitrogens with zero attached hydrogens (tertiary/aromatic N) is 5. The average molecular weight is 490 g/mol. The molecule has 2 aliphatic heterocycles. The van der Waals surface area contributed by atoms with Crippen LogP contribution in [0.3, 0.4) is 0 Å².